The lowest BCUT2D eigenvalue weighted by atomic mass is 10.2. The minimum atomic E-state index is -0.776. The van der Waals surface area contributed by atoms with E-state index in [1.165, 1.54) is 11.8 Å². The largest absolute Gasteiger partial charge is 0.481 e. The van der Waals surface area contributed by atoms with Gasteiger partial charge in [0.05, 0.1) is 5.75 Å². The van der Waals surface area contributed by atoms with Crippen LogP contribution in [0.3, 0.4) is 0 Å². The monoisotopic (exact) mass is 212 g/mol. The van der Waals surface area contributed by atoms with Crippen molar-refractivity contribution in [2.24, 2.45) is 0 Å². The van der Waals surface area contributed by atoms with Crippen molar-refractivity contribution in [1.29, 1.82) is 0 Å². The normalized spacial score (nSPS) is 8.79. The van der Waals surface area contributed by atoms with Crippen LogP contribution in [-0.4, -0.2) is 16.8 Å². The van der Waals surface area contributed by atoms with Crippen LogP contribution >= 0.6 is 11.8 Å². The van der Waals surface area contributed by atoms with Gasteiger partial charge in [0.25, 0.3) is 0 Å². The van der Waals surface area contributed by atoms with Crippen molar-refractivity contribution in [3.8, 4) is 0 Å². The van der Waals surface area contributed by atoms with Gasteiger partial charge in [-0.25, -0.2) is 0 Å². The van der Waals surface area contributed by atoms with Crippen molar-refractivity contribution in [3.63, 3.8) is 0 Å². The zero-order valence-electron chi connectivity index (χ0n) is 8.78. The Balaban J connectivity index is 0.000000791. The minimum Gasteiger partial charge on any atom is -0.481 e. The summed E-state index contributed by atoms with van der Waals surface area (Å²) in [6.07, 6.45) is 0. The summed E-state index contributed by atoms with van der Waals surface area (Å²) in [6.45, 7) is 5.99. The second-order valence-corrected chi connectivity index (χ2v) is 3.55. The van der Waals surface area contributed by atoms with Gasteiger partial charge in [0.2, 0.25) is 0 Å². The Morgan fingerprint density at radius 3 is 2.57 bits per heavy atom. The molecule has 0 aliphatic carbocycles. The van der Waals surface area contributed by atoms with Gasteiger partial charge in [0, 0.05) is 4.90 Å². The van der Waals surface area contributed by atoms with Crippen LogP contribution in [0.15, 0.2) is 29.2 Å². The van der Waals surface area contributed by atoms with E-state index in [0.717, 1.165) is 10.5 Å². The van der Waals surface area contributed by atoms with Gasteiger partial charge in [-0.2, -0.15) is 0 Å². The molecule has 0 atom stereocenters. The summed E-state index contributed by atoms with van der Waals surface area (Å²) in [7, 11) is 0. The highest BCUT2D eigenvalue weighted by molar-refractivity contribution is 8.00. The summed E-state index contributed by atoms with van der Waals surface area (Å²) in [5.74, 6) is -0.648. The van der Waals surface area contributed by atoms with Crippen molar-refractivity contribution >= 4 is 17.7 Å². The van der Waals surface area contributed by atoms with E-state index in [0.29, 0.717) is 0 Å². The highest BCUT2D eigenvalue weighted by atomic mass is 32.2. The molecule has 78 valence electrons. The SMILES string of the molecule is CC.Cc1cccc(SCC(=O)O)c1. The fourth-order valence-electron chi connectivity index (χ4n) is 0.850. The van der Waals surface area contributed by atoms with Gasteiger partial charge in [-0.3, -0.25) is 4.79 Å². The zero-order valence-corrected chi connectivity index (χ0v) is 9.60. The molecule has 0 heterocycles. The molecule has 0 aromatic heterocycles. The number of aliphatic carboxylic acids is 1. The number of carboxylic acid groups (broad SMARTS) is 1. The lowest BCUT2D eigenvalue weighted by Gasteiger charge is -1.98. The summed E-state index contributed by atoms with van der Waals surface area (Å²) >= 11 is 1.34. The topological polar surface area (TPSA) is 37.3 Å². The van der Waals surface area contributed by atoms with Gasteiger partial charge in [0.15, 0.2) is 0 Å². The average molecular weight is 212 g/mol. The Hall–Kier alpha value is -0.960. The van der Waals surface area contributed by atoms with Gasteiger partial charge in [0.1, 0.15) is 0 Å². The van der Waals surface area contributed by atoms with Crippen LogP contribution in [0, 0.1) is 6.92 Å². The highest BCUT2D eigenvalue weighted by Crippen LogP contribution is 2.18. The Kier molecular flexibility index (Phi) is 6.93. The van der Waals surface area contributed by atoms with E-state index in [-0.39, 0.29) is 5.75 Å². The molecule has 0 saturated carbocycles. The molecule has 3 heteroatoms. The maximum absolute atomic E-state index is 10.2. The van der Waals surface area contributed by atoms with Gasteiger partial charge >= 0.3 is 5.97 Å². The van der Waals surface area contributed by atoms with Crippen LogP contribution in [-0.2, 0) is 4.79 Å². The second-order valence-electron chi connectivity index (χ2n) is 2.50. The van der Waals surface area contributed by atoms with Gasteiger partial charge in [-0.1, -0.05) is 31.5 Å². The summed E-state index contributed by atoms with van der Waals surface area (Å²) < 4.78 is 0. The van der Waals surface area contributed by atoms with Crippen molar-refractivity contribution in [1.82, 2.24) is 0 Å². The van der Waals surface area contributed by atoms with E-state index in [4.69, 9.17) is 5.11 Å². The molecule has 2 nitrogen and oxygen atoms in total. The van der Waals surface area contributed by atoms with Gasteiger partial charge in [-0.15, -0.1) is 11.8 Å². The first-order valence-electron chi connectivity index (χ1n) is 4.60. The third-order valence-corrected chi connectivity index (χ3v) is 2.33. The van der Waals surface area contributed by atoms with Crippen LogP contribution in [0.1, 0.15) is 19.4 Å². The molecular formula is C11H16O2S. The number of hydrogen-bond acceptors (Lipinski definition) is 2. The summed E-state index contributed by atoms with van der Waals surface area (Å²) in [5, 5.41) is 8.42. The quantitative estimate of drug-likeness (QED) is 0.782. The van der Waals surface area contributed by atoms with E-state index >= 15 is 0 Å². The van der Waals surface area contributed by atoms with Gasteiger partial charge in [-0.05, 0) is 19.1 Å². The highest BCUT2D eigenvalue weighted by Gasteiger charge is 1.98. The molecule has 1 rings (SSSR count). The third-order valence-electron chi connectivity index (χ3n) is 1.35. The Bertz CT molecular complexity index is 284. The molecule has 1 aromatic carbocycles. The molecule has 1 N–H and O–H groups in total. The lowest BCUT2D eigenvalue weighted by Crippen LogP contribution is -1.97. The molecule has 0 spiro atoms. The molecule has 14 heavy (non-hydrogen) atoms. The minimum absolute atomic E-state index is 0.128. The number of benzene rings is 1. The predicted octanol–water partition coefficient (Wildman–Crippen LogP) is 3.20. The second kappa shape index (κ2) is 7.44. The van der Waals surface area contributed by atoms with Crippen LogP contribution in [0.4, 0.5) is 0 Å². The number of thioether (sulfide) groups is 1. The maximum atomic E-state index is 10.2. The van der Waals surface area contributed by atoms with Crippen molar-refractivity contribution in [3.05, 3.63) is 29.8 Å². The number of rotatable bonds is 3. The van der Waals surface area contributed by atoms with Crippen LogP contribution in [0.5, 0.6) is 0 Å². The van der Waals surface area contributed by atoms with E-state index in [1.54, 1.807) is 0 Å². The average Bonchev–Trinajstić information content (AvgIpc) is 2.18. The van der Waals surface area contributed by atoms with Crippen LogP contribution in [0.2, 0.25) is 0 Å². The zero-order chi connectivity index (χ0) is 11.0. The number of aryl methyl sites for hydroxylation is 1. The van der Waals surface area contributed by atoms with Crippen LogP contribution < -0.4 is 0 Å². The fourth-order valence-corrected chi connectivity index (χ4v) is 1.58. The molecule has 0 unspecified atom stereocenters. The molecule has 0 amide bonds. The fraction of sp³-hybridized carbons (Fsp3) is 0.364. The first kappa shape index (κ1) is 13.0. The van der Waals surface area contributed by atoms with Gasteiger partial charge < -0.3 is 5.11 Å². The number of carboxylic acids is 1. The summed E-state index contributed by atoms with van der Waals surface area (Å²) in [4.78, 5) is 11.2. The Morgan fingerprint density at radius 2 is 2.07 bits per heavy atom. The smallest absolute Gasteiger partial charge is 0.313 e. The predicted molar refractivity (Wildman–Crippen MR) is 60.9 cm³/mol. The standard InChI is InChI=1S/C9H10O2S.C2H6/c1-7-3-2-4-8(5-7)12-6-9(10)11;1-2/h2-5H,6H2,1H3,(H,10,11);1-2H3. The number of carbonyl (C=O) groups is 1. The molecule has 1 aromatic rings. The number of hydrogen-bond donors (Lipinski definition) is 1. The summed E-state index contributed by atoms with van der Waals surface area (Å²) in [6, 6.07) is 7.82. The Morgan fingerprint density at radius 1 is 1.43 bits per heavy atom. The molecule has 0 fully saturated rings. The third kappa shape index (κ3) is 5.65. The summed E-state index contributed by atoms with van der Waals surface area (Å²) in [5.41, 5.74) is 1.16. The molecule has 0 saturated heterocycles. The molecule has 0 radical (unpaired) electrons. The first-order valence-corrected chi connectivity index (χ1v) is 5.58. The van der Waals surface area contributed by atoms with Crippen molar-refractivity contribution in [2.75, 3.05) is 5.75 Å². The van der Waals surface area contributed by atoms with Crippen molar-refractivity contribution in [2.45, 2.75) is 25.7 Å². The molecular weight excluding hydrogens is 196 g/mol. The molecule has 0 aliphatic heterocycles. The first-order chi connectivity index (χ1) is 6.68. The van der Waals surface area contributed by atoms with E-state index in [1.807, 2.05) is 45.0 Å². The maximum Gasteiger partial charge on any atom is 0.313 e. The van der Waals surface area contributed by atoms with E-state index in [9.17, 15) is 4.79 Å². The van der Waals surface area contributed by atoms with E-state index in [2.05, 4.69) is 0 Å². The lowest BCUT2D eigenvalue weighted by molar-refractivity contribution is -0.133. The van der Waals surface area contributed by atoms with Crippen molar-refractivity contribution < 1.29 is 9.90 Å². The Labute approximate surface area is 89.3 Å². The molecule has 0 aliphatic rings. The molecule has 0 bridgehead atoms. The van der Waals surface area contributed by atoms with Crippen LogP contribution in [0.25, 0.3) is 0 Å². The van der Waals surface area contributed by atoms with E-state index < -0.39 is 5.97 Å².